The first-order chi connectivity index (χ1) is 12.2. The van der Waals surface area contributed by atoms with Gasteiger partial charge in [0.05, 0.1) is 21.0 Å². The van der Waals surface area contributed by atoms with E-state index >= 15 is 0 Å². The smallest absolute Gasteiger partial charge is 0.263 e. The monoisotopic (exact) mass is 371 g/mol. The number of amides is 2. The molecule has 1 saturated heterocycles. The summed E-state index contributed by atoms with van der Waals surface area (Å²) in [6.07, 6.45) is 1.64. The van der Waals surface area contributed by atoms with Crippen LogP contribution in [0.2, 0.25) is 0 Å². The summed E-state index contributed by atoms with van der Waals surface area (Å²) in [6, 6.07) is 11.5. The normalized spacial score (nSPS) is 17.6. The molecular formula is C18H17N3O2S2. The van der Waals surface area contributed by atoms with E-state index in [9.17, 15) is 9.59 Å². The number of hydrogen-bond acceptors (Lipinski definition) is 5. The number of aromatic nitrogens is 1. The molecule has 4 rings (SSSR count). The first kappa shape index (κ1) is 16.2. The van der Waals surface area contributed by atoms with Crippen LogP contribution in [0.4, 0.5) is 5.13 Å². The van der Waals surface area contributed by atoms with E-state index < -0.39 is 0 Å². The van der Waals surface area contributed by atoms with Crippen LogP contribution in [0, 0.1) is 5.92 Å². The van der Waals surface area contributed by atoms with Crippen LogP contribution in [0.1, 0.15) is 22.5 Å². The number of benzene rings is 1. The van der Waals surface area contributed by atoms with Gasteiger partial charge in [0.1, 0.15) is 0 Å². The van der Waals surface area contributed by atoms with E-state index in [1.807, 2.05) is 41.8 Å². The number of likely N-dealkylation sites (tertiary alicyclic amines) is 1. The average Bonchev–Trinajstić information content (AvgIpc) is 3.30. The molecule has 1 fully saturated rings. The van der Waals surface area contributed by atoms with Crippen LogP contribution in [0.25, 0.3) is 10.2 Å². The van der Waals surface area contributed by atoms with Gasteiger partial charge in [-0.15, -0.1) is 11.3 Å². The minimum atomic E-state index is -0.190. The first-order valence-electron chi connectivity index (χ1n) is 8.20. The maximum absolute atomic E-state index is 12.6. The van der Waals surface area contributed by atoms with Crippen molar-refractivity contribution < 1.29 is 9.59 Å². The van der Waals surface area contributed by atoms with Crippen molar-refractivity contribution in [2.24, 2.45) is 5.92 Å². The van der Waals surface area contributed by atoms with Crippen LogP contribution < -0.4 is 5.32 Å². The SMILES string of the molecule is O=C(Nc1nc2ccccc2s1)[C@@H]1CCCN(C(=O)c2cccs2)C1. The molecular weight excluding hydrogens is 354 g/mol. The molecule has 1 aromatic carbocycles. The van der Waals surface area contributed by atoms with Gasteiger partial charge in [0.25, 0.3) is 5.91 Å². The van der Waals surface area contributed by atoms with Crippen molar-refractivity contribution in [2.45, 2.75) is 12.8 Å². The van der Waals surface area contributed by atoms with Gasteiger partial charge in [0.15, 0.2) is 5.13 Å². The van der Waals surface area contributed by atoms with Crippen molar-refractivity contribution in [1.29, 1.82) is 0 Å². The van der Waals surface area contributed by atoms with Gasteiger partial charge in [-0.05, 0) is 36.4 Å². The lowest BCUT2D eigenvalue weighted by molar-refractivity contribution is -0.121. The summed E-state index contributed by atoms with van der Waals surface area (Å²) in [5.74, 6) is -0.222. The number of carbonyl (C=O) groups is 2. The Bertz CT molecular complexity index is 871. The molecule has 0 bridgehead atoms. The van der Waals surface area contributed by atoms with Crippen molar-refractivity contribution in [3.63, 3.8) is 0 Å². The Morgan fingerprint density at radius 3 is 2.88 bits per heavy atom. The molecule has 1 aliphatic heterocycles. The molecule has 128 valence electrons. The summed E-state index contributed by atoms with van der Waals surface area (Å²) in [5.41, 5.74) is 0.890. The predicted octanol–water partition coefficient (Wildman–Crippen LogP) is 3.85. The minimum Gasteiger partial charge on any atom is -0.337 e. The fourth-order valence-corrected chi connectivity index (χ4v) is 4.62. The number of thiophene rings is 1. The highest BCUT2D eigenvalue weighted by molar-refractivity contribution is 7.22. The van der Waals surface area contributed by atoms with Crippen molar-refractivity contribution in [2.75, 3.05) is 18.4 Å². The number of carbonyl (C=O) groups excluding carboxylic acids is 2. The average molecular weight is 371 g/mol. The standard InChI is InChI=1S/C18H17N3O2S2/c22-16(20-18-19-13-6-1-2-7-14(13)25-18)12-5-3-9-21(11-12)17(23)15-8-4-10-24-15/h1-2,4,6-8,10,12H,3,5,9,11H2,(H,19,20,22)/t12-/m1/s1. The first-order valence-corrected chi connectivity index (χ1v) is 9.89. The zero-order valence-electron chi connectivity index (χ0n) is 13.5. The highest BCUT2D eigenvalue weighted by Gasteiger charge is 2.29. The van der Waals surface area contributed by atoms with E-state index in [0.29, 0.717) is 18.2 Å². The van der Waals surface area contributed by atoms with Gasteiger partial charge in [-0.25, -0.2) is 4.98 Å². The van der Waals surface area contributed by atoms with E-state index in [1.54, 1.807) is 4.90 Å². The molecule has 3 aromatic rings. The molecule has 5 nitrogen and oxygen atoms in total. The fourth-order valence-electron chi connectivity index (χ4n) is 3.06. The van der Waals surface area contributed by atoms with Gasteiger partial charge in [0.2, 0.25) is 5.91 Å². The number of fused-ring (bicyclic) bond motifs is 1. The molecule has 2 amide bonds. The number of piperidine rings is 1. The van der Waals surface area contributed by atoms with E-state index in [0.717, 1.165) is 27.9 Å². The molecule has 0 spiro atoms. The quantitative estimate of drug-likeness (QED) is 0.761. The van der Waals surface area contributed by atoms with Crippen molar-refractivity contribution in [1.82, 2.24) is 9.88 Å². The van der Waals surface area contributed by atoms with Gasteiger partial charge in [-0.1, -0.05) is 29.5 Å². The highest BCUT2D eigenvalue weighted by Crippen LogP contribution is 2.27. The molecule has 0 radical (unpaired) electrons. The topological polar surface area (TPSA) is 62.3 Å². The van der Waals surface area contributed by atoms with Crippen LogP contribution in [0.3, 0.4) is 0 Å². The predicted molar refractivity (Wildman–Crippen MR) is 101 cm³/mol. The van der Waals surface area contributed by atoms with E-state index in [4.69, 9.17) is 0 Å². The van der Waals surface area contributed by atoms with Gasteiger partial charge in [0, 0.05) is 13.1 Å². The number of nitrogens with one attached hydrogen (secondary N) is 1. The summed E-state index contributed by atoms with van der Waals surface area (Å²) < 4.78 is 1.05. The summed E-state index contributed by atoms with van der Waals surface area (Å²) in [4.78, 5) is 32.1. The Morgan fingerprint density at radius 2 is 2.08 bits per heavy atom. The van der Waals surface area contributed by atoms with Crippen LogP contribution in [-0.2, 0) is 4.79 Å². The Hall–Kier alpha value is -2.25. The summed E-state index contributed by atoms with van der Waals surface area (Å²) >= 11 is 2.91. The number of hydrogen-bond donors (Lipinski definition) is 1. The van der Waals surface area contributed by atoms with Crippen LogP contribution in [0.15, 0.2) is 41.8 Å². The lowest BCUT2D eigenvalue weighted by Crippen LogP contribution is -2.43. The second kappa shape index (κ2) is 6.93. The maximum Gasteiger partial charge on any atom is 0.263 e. The lowest BCUT2D eigenvalue weighted by Gasteiger charge is -2.31. The van der Waals surface area contributed by atoms with Gasteiger partial charge in [-0.2, -0.15) is 0 Å². The third-order valence-electron chi connectivity index (χ3n) is 4.34. The number of rotatable bonds is 3. The fraction of sp³-hybridized carbons (Fsp3) is 0.278. The minimum absolute atomic E-state index is 0.0208. The van der Waals surface area contributed by atoms with E-state index in [1.165, 1.54) is 22.7 Å². The molecule has 0 unspecified atom stereocenters. The number of para-hydroxylation sites is 1. The summed E-state index contributed by atoms with van der Waals surface area (Å²) in [5, 5.41) is 5.44. The third-order valence-corrected chi connectivity index (χ3v) is 6.15. The number of thiazole rings is 1. The number of nitrogens with zero attached hydrogens (tertiary/aromatic N) is 2. The number of anilines is 1. The molecule has 7 heteroatoms. The molecule has 0 saturated carbocycles. The van der Waals surface area contributed by atoms with Crippen LogP contribution in [0.5, 0.6) is 0 Å². The maximum atomic E-state index is 12.6. The molecule has 1 N–H and O–H groups in total. The molecule has 2 aromatic heterocycles. The Labute approximate surface area is 153 Å². The van der Waals surface area contributed by atoms with Crippen LogP contribution >= 0.6 is 22.7 Å². The molecule has 1 atom stereocenters. The lowest BCUT2D eigenvalue weighted by atomic mass is 9.97. The second-order valence-electron chi connectivity index (χ2n) is 6.04. The largest absolute Gasteiger partial charge is 0.337 e. The Balaban J connectivity index is 1.43. The summed E-state index contributed by atoms with van der Waals surface area (Å²) in [7, 11) is 0. The van der Waals surface area contributed by atoms with E-state index in [-0.39, 0.29) is 17.7 Å². The Morgan fingerprint density at radius 1 is 1.20 bits per heavy atom. The third kappa shape index (κ3) is 3.43. The van der Waals surface area contributed by atoms with E-state index in [2.05, 4.69) is 10.3 Å². The zero-order valence-corrected chi connectivity index (χ0v) is 15.1. The van der Waals surface area contributed by atoms with Crippen LogP contribution in [-0.4, -0.2) is 34.8 Å². The Kier molecular flexibility index (Phi) is 4.50. The van der Waals surface area contributed by atoms with Gasteiger partial charge < -0.3 is 10.2 Å². The molecule has 0 aliphatic carbocycles. The van der Waals surface area contributed by atoms with Crippen molar-refractivity contribution >= 4 is 49.8 Å². The second-order valence-corrected chi connectivity index (χ2v) is 8.02. The van der Waals surface area contributed by atoms with Gasteiger partial charge >= 0.3 is 0 Å². The molecule has 25 heavy (non-hydrogen) atoms. The molecule has 1 aliphatic rings. The van der Waals surface area contributed by atoms with Gasteiger partial charge in [-0.3, -0.25) is 9.59 Å². The highest BCUT2D eigenvalue weighted by atomic mass is 32.1. The van der Waals surface area contributed by atoms with Crippen molar-refractivity contribution in [3.05, 3.63) is 46.7 Å². The van der Waals surface area contributed by atoms with Crippen molar-refractivity contribution in [3.8, 4) is 0 Å². The summed E-state index contributed by atoms with van der Waals surface area (Å²) in [6.45, 7) is 1.18. The zero-order chi connectivity index (χ0) is 17.2. The molecule has 3 heterocycles.